The molecule has 5 N–H and O–H groups in total. The van der Waals surface area contributed by atoms with E-state index >= 15 is 0 Å². The van der Waals surface area contributed by atoms with E-state index in [4.69, 9.17) is 17.3 Å². The van der Waals surface area contributed by atoms with Crippen LogP contribution in [0.3, 0.4) is 0 Å². The number of aromatic nitrogens is 2. The van der Waals surface area contributed by atoms with E-state index in [9.17, 15) is 14.7 Å². The summed E-state index contributed by atoms with van der Waals surface area (Å²) in [6.45, 7) is 0.400. The first-order valence-electron chi connectivity index (χ1n) is 11.7. The molecule has 2 aromatic heterocycles. The number of amides is 2. The number of nitrogen functional groups attached to an aromatic ring is 1. The molecule has 1 unspecified atom stereocenters. The molecule has 3 heterocycles. The first-order valence-corrected chi connectivity index (χ1v) is 12.2. The fourth-order valence-corrected chi connectivity index (χ4v) is 5.18. The van der Waals surface area contributed by atoms with Crippen molar-refractivity contribution >= 4 is 62.3 Å². The lowest BCUT2D eigenvalue weighted by atomic mass is 9.95. The standard InChI is InChI=1S/C28H22ClN5O3/c29-12-17-14-34(23-11-24(35)20-3-1-2-4-21(20)25(17)23)28(37)22-10-16-9-19(13-31-26(16)33-22)32-27(36)15-5-7-18(30)8-6-15/h1-11,13,17,35H,12,14,30H2,(H,31,33)(H,32,36). The maximum absolute atomic E-state index is 13.6. The number of alkyl halides is 1. The molecule has 0 radical (unpaired) electrons. The Kier molecular flexibility index (Phi) is 5.46. The van der Waals surface area contributed by atoms with Crippen LogP contribution in [0.15, 0.2) is 72.9 Å². The summed E-state index contributed by atoms with van der Waals surface area (Å²) in [5.74, 6) is -0.155. The molecule has 9 heteroatoms. The molecule has 0 spiro atoms. The number of fused-ring (bicyclic) bond motifs is 4. The number of carbonyl (C=O) groups is 2. The topological polar surface area (TPSA) is 124 Å². The lowest BCUT2D eigenvalue weighted by Crippen LogP contribution is -2.30. The number of hydrogen-bond donors (Lipinski definition) is 4. The number of aromatic amines is 1. The minimum absolute atomic E-state index is 0.0660. The van der Waals surface area contributed by atoms with Crippen LogP contribution in [0.5, 0.6) is 5.75 Å². The summed E-state index contributed by atoms with van der Waals surface area (Å²) in [4.78, 5) is 35.3. The molecule has 6 rings (SSSR count). The van der Waals surface area contributed by atoms with Crippen molar-refractivity contribution in [3.63, 3.8) is 0 Å². The zero-order valence-corrected chi connectivity index (χ0v) is 20.3. The van der Waals surface area contributed by atoms with E-state index in [1.807, 2.05) is 24.3 Å². The van der Waals surface area contributed by atoms with Gasteiger partial charge in [0.25, 0.3) is 11.8 Å². The second-order valence-corrected chi connectivity index (χ2v) is 9.37. The number of phenolic OH excluding ortho intramolecular Hbond substituents is 1. The van der Waals surface area contributed by atoms with Crippen LogP contribution in [-0.2, 0) is 0 Å². The molecule has 1 aliphatic heterocycles. The second kappa shape index (κ2) is 8.83. The van der Waals surface area contributed by atoms with Crippen molar-refractivity contribution in [2.24, 2.45) is 0 Å². The fraction of sp³-hybridized carbons (Fsp3) is 0.107. The van der Waals surface area contributed by atoms with Crippen molar-refractivity contribution in [2.75, 3.05) is 28.4 Å². The van der Waals surface area contributed by atoms with Gasteiger partial charge in [-0.15, -0.1) is 11.6 Å². The molecule has 0 bridgehead atoms. The Labute approximate surface area is 216 Å². The number of halogens is 1. The highest BCUT2D eigenvalue weighted by Gasteiger charge is 2.35. The monoisotopic (exact) mass is 511 g/mol. The highest BCUT2D eigenvalue weighted by molar-refractivity contribution is 6.19. The maximum atomic E-state index is 13.6. The van der Waals surface area contributed by atoms with Gasteiger partial charge in [-0.05, 0) is 47.3 Å². The van der Waals surface area contributed by atoms with Gasteiger partial charge in [-0.1, -0.05) is 24.3 Å². The molecule has 3 aromatic carbocycles. The van der Waals surface area contributed by atoms with E-state index in [1.165, 1.54) is 6.20 Å². The van der Waals surface area contributed by atoms with Gasteiger partial charge in [0.05, 0.1) is 17.6 Å². The third-order valence-corrected chi connectivity index (χ3v) is 7.08. The van der Waals surface area contributed by atoms with Crippen LogP contribution in [0.4, 0.5) is 17.1 Å². The van der Waals surface area contributed by atoms with Crippen molar-refractivity contribution < 1.29 is 14.7 Å². The minimum atomic E-state index is -0.291. The summed E-state index contributed by atoms with van der Waals surface area (Å²) in [5.41, 5.74) is 9.70. The Hall–Kier alpha value is -4.56. The number of nitrogens with zero attached hydrogens (tertiary/aromatic N) is 2. The normalized spacial score (nSPS) is 14.7. The highest BCUT2D eigenvalue weighted by atomic mass is 35.5. The molecule has 37 heavy (non-hydrogen) atoms. The van der Waals surface area contributed by atoms with Gasteiger partial charge in [0, 0.05) is 46.4 Å². The average molecular weight is 512 g/mol. The Morgan fingerprint density at radius 1 is 1.11 bits per heavy atom. The highest BCUT2D eigenvalue weighted by Crippen LogP contribution is 2.45. The summed E-state index contributed by atoms with van der Waals surface area (Å²) >= 11 is 6.31. The van der Waals surface area contributed by atoms with Crippen molar-refractivity contribution in [1.29, 1.82) is 0 Å². The number of hydrogen-bond acceptors (Lipinski definition) is 5. The number of nitrogens with two attached hydrogens (primary N) is 1. The lowest BCUT2D eigenvalue weighted by Gasteiger charge is -2.17. The van der Waals surface area contributed by atoms with Gasteiger partial charge in [-0.2, -0.15) is 0 Å². The molecule has 1 atom stereocenters. The van der Waals surface area contributed by atoms with Gasteiger partial charge in [-0.3, -0.25) is 9.59 Å². The van der Waals surface area contributed by atoms with Crippen LogP contribution in [0.2, 0.25) is 0 Å². The number of anilines is 3. The average Bonchev–Trinajstić information content (AvgIpc) is 3.50. The zero-order valence-electron chi connectivity index (χ0n) is 19.5. The predicted octanol–water partition coefficient (Wildman–Crippen LogP) is 5.24. The molecule has 1 aliphatic rings. The van der Waals surface area contributed by atoms with Gasteiger partial charge in [0.1, 0.15) is 17.1 Å². The molecular formula is C28H22ClN5O3. The molecule has 184 valence electrons. The van der Waals surface area contributed by atoms with Crippen LogP contribution >= 0.6 is 11.6 Å². The first-order chi connectivity index (χ1) is 17.9. The fourth-order valence-electron chi connectivity index (χ4n) is 4.93. The Bertz CT molecular complexity index is 1700. The minimum Gasteiger partial charge on any atom is -0.507 e. The second-order valence-electron chi connectivity index (χ2n) is 9.06. The predicted molar refractivity (Wildman–Crippen MR) is 146 cm³/mol. The van der Waals surface area contributed by atoms with Gasteiger partial charge >= 0.3 is 0 Å². The van der Waals surface area contributed by atoms with E-state index in [-0.39, 0.29) is 23.5 Å². The number of phenols is 1. The van der Waals surface area contributed by atoms with Crippen molar-refractivity contribution in [1.82, 2.24) is 9.97 Å². The van der Waals surface area contributed by atoms with E-state index in [0.717, 1.165) is 16.3 Å². The Morgan fingerprint density at radius 3 is 2.62 bits per heavy atom. The SMILES string of the molecule is Nc1ccc(C(=O)Nc2cnc3[nH]c(C(=O)N4CC(CCl)c5c4cc(O)c4ccccc54)cc3c2)cc1. The van der Waals surface area contributed by atoms with E-state index in [2.05, 4.69) is 15.3 Å². The van der Waals surface area contributed by atoms with Crippen LogP contribution in [-0.4, -0.2) is 39.3 Å². The third kappa shape index (κ3) is 3.91. The number of pyridine rings is 1. The molecule has 0 fully saturated rings. The molecular weight excluding hydrogens is 490 g/mol. The number of carbonyl (C=O) groups excluding carboxylic acids is 2. The Morgan fingerprint density at radius 2 is 1.86 bits per heavy atom. The molecule has 5 aromatic rings. The van der Waals surface area contributed by atoms with Crippen molar-refractivity contribution in [3.8, 4) is 5.75 Å². The number of nitrogens with one attached hydrogen (secondary N) is 2. The van der Waals surface area contributed by atoms with Crippen LogP contribution in [0, 0.1) is 0 Å². The Balaban J connectivity index is 1.31. The number of benzene rings is 3. The summed E-state index contributed by atoms with van der Waals surface area (Å²) < 4.78 is 0. The van der Waals surface area contributed by atoms with Crippen molar-refractivity contribution in [3.05, 3.63) is 89.7 Å². The zero-order chi connectivity index (χ0) is 25.7. The van der Waals surface area contributed by atoms with Gasteiger partial charge in [-0.25, -0.2) is 4.98 Å². The third-order valence-electron chi connectivity index (χ3n) is 6.71. The molecule has 0 aliphatic carbocycles. The van der Waals surface area contributed by atoms with Gasteiger partial charge in [0.2, 0.25) is 0 Å². The first kappa shape index (κ1) is 22.9. The van der Waals surface area contributed by atoms with E-state index < -0.39 is 0 Å². The summed E-state index contributed by atoms with van der Waals surface area (Å²) in [6.07, 6.45) is 1.53. The van der Waals surface area contributed by atoms with E-state index in [0.29, 0.717) is 51.8 Å². The van der Waals surface area contributed by atoms with Crippen LogP contribution in [0.1, 0.15) is 32.3 Å². The lowest BCUT2D eigenvalue weighted by molar-refractivity contribution is 0.0983. The van der Waals surface area contributed by atoms with Gasteiger partial charge in [0.15, 0.2) is 0 Å². The quantitative estimate of drug-likeness (QED) is 0.194. The summed E-state index contributed by atoms with van der Waals surface area (Å²) in [7, 11) is 0. The largest absolute Gasteiger partial charge is 0.507 e. The summed E-state index contributed by atoms with van der Waals surface area (Å²) in [5, 5.41) is 15.8. The summed E-state index contributed by atoms with van der Waals surface area (Å²) in [6, 6.07) is 19.3. The smallest absolute Gasteiger partial charge is 0.274 e. The molecule has 0 saturated heterocycles. The van der Waals surface area contributed by atoms with Crippen LogP contribution in [0.25, 0.3) is 21.8 Å². The molecule has 0 saturated carbocycles. The van der Waals surface area contributed by atoms with Crippen molar-refractivity contribution in [2.45, 2.75) is 5.92 Å². The molecule has 2 amide bonds. The van der Waals surface area contributed by atoms with Crippen LogP contribution < -0.4 is 16.0 Å². The van der Waals surface area contributed by atoms with E-state index in [1.54, 1.807) is 47.4 Å². The molecule has 8 nitrogen and oxygen atoms in total. The number of rotatable bonds is 4. The number of H-pyrrole nitrogens is 1. The van der Waals surface area contributed by atoms with Gasteiger partial charge < -0.3 is 26.0 Å². The maximum Gasteiger partial charge on any atom is 0.274 e. The number of aromatic hydroxyl groups is 1.